The van der Waals surface area contributed by atoms with Gasteiger partial charge in [0, 0.05) is 6.42 Å². The summed E-state index contributed by atoms with van der Waals surface area (Å²) in [5.74, 6) is -2.59. The van der Waals surface area contributed by atoms with Gasteiger partial charge < -0.3 is 14.9 Å². The van der Waals surface area contributed by atoms with Crippen molar-refractivity contribution in [3.8, 4) is 5.75 Å². The maximum Gasteiger partial charge on any atom is 0.299 e. The number of rotatable bonds is 7. The Morgan fingerprint density at radius 2 is 1.88 bits per heavy atom. The second-order valence-corrected chi connectivity index (χ2v) is 5.95. The molecule has 1 aromatic carbocycles. The highest BCUT2D eigenvalue weighted by molar-refractivity contribution is 5.21. The number of ether oxygens (including phenoxy) is 1. The monoisotopic (exact) mass is 362 g/mol. The Bertz CT molecular complexity index is 494. The predicted molar refractivity (Wildman–Crippen MR) is 87.8 cm³/mol. The van der Waals surface area contributed by atoms with Crippen LogP contribution in [-0.4, -0.2) is 36.1 Å². The quantitative estimate of drug-likeness (QED) is 0.571. The third kappa shape index (κ3) is 8.90. The van der Waals surface area contributed by atoms with Crippen LogP contribution < -0.4 is 4.74 Å². The van der Waals surface area contributed by atoms with Crippen molar-refractivity contribution in [1.29, 1.82) is 0 Å². The van der Waals surface area contributed by atoms with Gasteiger partial charge in [-0.1, -0.05) is 30.7 Å². The SMILES string of the molecule is COF.OC(O)C[C@H]1CCCC1/C=C/C(F)(F)COc1ccccc1. The average Bonchev–Trinajstić information content (AvgIpc) is 2.99. The summed E-state index contributed by atoms with van der Waals surface area (Å²) in [5.41, 5.74) is 0. The molecule has 7 heteroatoms. The molecule has 0 amide bonds. The van der Waals surface area contributed by atoms with Crippen LogP contribution in [0.3, 0.4) is 0 Å². The van der Waals surface area contributed by atoms with Crippen molar-refractivity contribution in [2.75, 3.05) is 13.7 Å². The van der Waals surface area contributed by atoms with Crippen LogP contribution in [-0.2, 0) is 4.94 Å². The summed E-state index contributed by atoms with van der Waals surface area (Å²) in [5, 5.41) is 18.1. The number of halogens is 3. The standard InChI is InChI=1S/C17H22F2O3.CH3FO/c18-17(19,12-22-15-7-2-1-3-8-15)10-9-13-5-4-6-14(13)11-16(20)21;1-3-2/h1-3,7-10,13-14,16,20-21H,4-6,11-12H2;1H3/b10-9+;/t13?,14-;/m1./s1. The van der Waals surface area contributed by atoms with Crippen LogP contribution in [0.5, 0.6) is 5.75 Å². The van der Waals surface area contributed by atoms with Gasteiger partial charge >= 0.3 is 0 Å². The first-order valence-corrected chi connectivity index (χ1v) is 8.14. The smallest absolute Gasteiger partial charge is 0.299 e. The van der Waals surface area contributed by atoms with E-state index in [9.17, 15) is 13.3 Å². The first-order valence-electron chi connectivity index (χ1n) is 8.14. The summed E-state index contributed by atoms with van der Waals surface area (Å²) in [4.78, 5) is 2.75. The minimum absolute atomic E-state index is 0.0237. The molecule has 0 bridgehead atoms. The van der Waals surface area contributed by atoms with E-state index in [4.69, 9.17) is 14.9 Å². The lowest BCUT2D eigenvalue weighted by Crippen LogP contribution is -2.23. The molecule has 0 radical (unpaired) electrons. The molecule has 4 nitrogen and oxygen atoms in total. The van der Waals surface area contributed by atoms with E-state index in [-0.39, 0.29) is 18.3 Å². The molecule has 0 aromatic heterocycles. The molecular weight excluding hydrogens is 337 g/mol. The molecule has 1 aromatic rings. The molecule has 1 aliphatic carbocycles. The summed E-state index contributed by atoms with van der Waals surface area (Å²) in [7, 11) is 0.958. The van der Waals surface area contributed by atoms with Crippen LogP contribution in [0.1, 0.15) is 25.7 Å². The molecule has 2 atom stereocenters. The lowest BCUT2D eigenvalue weighted by molar-refractivity contribution is -0.0960. The highest BCUT2D eigenvalue weighted by Gasteiger charge is 2.30. The van der Waals surface area contributed by atoms with E-state index in [0.29, 0.717) is 5.75 Å². The number of hydrogen-bond acceptors (Lipinski definition) is 4. The van der Waals surface area contributed by atoms with Crippen molar-refractivity contribution >= 4 is 0 Å². The molecule has 0 saturated heterocycles. The summed E-state index contributed by atoms with van der Waals surface area (Å²) >= 11 is 0. The van der Waals surface area contributed by atoms with Gasteiger partial charge in [-0.15, -0.1) is 0 Å². The molecular formula is C18H25F3O4. The van der Waals surface area contributed by atoms with Crippen molar-refractivity contribution in [2.45, 2.75) is 37.9 Å². The van der Waals surface area contributed by atoms with E-state index in [2.05, 4.69) is 4.94 Å². The summed E-state index contributed by atoms with van der Waals surface area (Å²) < 4.78 is 42.6. The van der Waals surface area contributed by atoms with Crippen molar-refractivity contribution < 1.29 is 33.2 Å². The second-order valence-electron chi connectivity index (χ2n) is 5.95. The topological polar surface area (TPSA) is 58.9 Å². The fourth-order valence-corrected chi connectivity index (χ4v) is 2.89. The second kappa shape index (κ2) is 11.1. The molecule has 2 N–H and O–H groups in total. The Balaban J connectivity index is 0.000000970. The van der Waals surface area contributed by atoms with E-state index < -0.39 is 18.8 Å². The zero-order valence-corrected chi connectivity index (χ0v) is 14.2. The molecule has 1 aliphatic rings. The first-order chi connectivity index (χ1) is 11.9. The average molecular weight is 362 g/mol. The zero-order valence-electron chi connectivity index (χ0n) is 14.2. The first kappa shape index (κ1) is 21.5. The number of allylic oxidation sites excluding steroid dienone is 1. The van der Waals surface area contributed by atoms with Crippen molar-refractivity contribution in [1.82, 2.24) is 0 Å². The van der Waals surface area contributed by atoms with Crippen LogP contribution in [0.4, 0.5) is 13.3 Å². The van der Waals surface area contributed by atoms with Crippen LogP contribution in [0.15, 0.2) is 42.5 Å². The molecule has 0 spiro atoms. The van der Waals surface area contributed by atoms with E-state index in [1.807, 2.05) is 0 Å². The van der Waals surface area contributed by atoms with Gasteiger partial charge in [-0.3, -0.25) is 0 Å². The Morgan fingerprint density at radius 1 is 1.24 bits per heavy atom. The molecule has 1 unspecified atom stereocenters. The van der Waals surface area contributed by atoms with Gasteiger partial charge in [0.1, 0.15) is 5.75 Å². The largest absolute Gasteiger partial charge is 0.487 e. The van der Waals surface area contributed by atoms with E-state index in [0.717, 1.165) is 32.4 Å². The molecule has 142 valence electrons. The van der Waals surface area contributed by atoms with Crippen molar-refractivity contribution in [3.05, 3.63) is 42.5 Å². The van der Waals surface area contributed by atoms with E-state index >= 15 is 0 Å². The number of benzene rings is 1. The molecule has 1 fully saturated rings. The summed E-state index contributed by atoms with van der Waals surface area (Å²) in [6, 6.07) is 8.52. The van der Waals surface area contributed by atoms with Crippen molar-refractivity contribution in [2.24, 2.45) is 11.8 Å². The number of para-hydroxylation sites is 1. The summed E-state index contributed by atoms with van der Waals surface area (Å²) in [6.07, 6.45) is 3.85. The maximum atomic E-state index is 13.8. The van der Waals surface area contributed by atoms with Gasteiger partial charge in [0.05, 0.1) is 7.11 Å². The Hall–Kier alpha value is -1.57. The van der Waals surface area contributed by atoms with Gasteiger partial charge in [-0.2, -0.15) is 13.7 Å². The van der Waals surface area contributed by atoms with Gasteiger partial charge in [-0.25, -0.2) is 0 Å². The van der Waals surface area contributed by atoms with Gasteiger partial charge in [0.25, 0.3) is 5.92 Å². The number of aliphatic hydroxyl groups excluding tert-OH is 1. The van der Waals surface area contributed by atoms with Crippen LogP contribution in [0.25, 0.3) is 0 Å². The van der Waals surface area contributed by atoms with Gasteiger partial charge in [-0.05, 0) is 47.4 Å². The number of alkyl halides is 2. The molecule has 0 heterocycles. The van der Waals surface area contributed by atoms with E-state index in [1.54, 1.807) is 30.3 Å². The summed E-state index contributed by atoms with van der Waals surface area (Å²) in [6.45, 7) is -0.701. The van der Waals surface area contributed by atoms with Crippen LogP contribution >= 0.6 is 0 Å². The molecule has 1 saturated carbocycles. The lowest BCUT2D eigenvalue weighted by Gasteiger charge is -2.18. The highest BCUT2D eigenvalue weighted by atomic mass is 19.3. The minimum Gasteiger partial charge on any atom is -0.487 e. The molecule has 25 heavy (non-hydrogen) atoms. The molecule has 2 rings (SSSR count). The van der Waals surface area contributed by atoms with Gasteiger partial charge in [0.15, 0.2) is 12.9 Å². The highest BCUT2D eigenvalue weighted by Crippen LogP contribution is 2.36. The Morgan fingerprint density at radius 3 is 2.48 bits per heavy atom. The predicted octanol–water partition coefficient (Wildman–Crippen LogP) is 3.89. The fourth-order valence-electron chi connectivity index (χ4n) is 2.89. The molecule has 0 aliphatic heterocycles. The fraction of sp³-hybridized carbons (Fsp3) is 0.556. The number of hydrogen-bond donors (Lipinski definition) is 2. The minimum atomic E-state index is -3.04. The maximum absolute atomic E-state index is 13.8. The third-order valence-corrected chi connectivity index (χ3v) is 3.99. The Kier molecular flexibility index (Phi) is 9.55. The third-order valence-electron chi connectivity index (χ3n) is 3.99. The van der Waals surface area contributed by atoms with Crippen LogP contribution in [0, 0.1) is 11.8 Å². The van der Waals surface area contributed by atoms with E-state index in [1.165, 1.54) is 6.08 Å². The number of aliphatic hydroxyl groups is 2. The Labute approximate surface area is 145 Å². The van der Waals surface area contributed by atoms with Crippen LogP contribution in [0.2, 0.25) is 0 Å². The normalized spacial score (nSPS) is 20.6. The zero-order chi connectivity index (χ0) is 18.7. The van der Waals surface area contributed by atoms with Crippen molar-refractivity contribution in [3.63, 3.8) is 0 Å². The lowest BCUT2D eigenvalue weighted by atomic mass is 9.92. The van der Waals surface area contributed by atoms with Gasteiger partial charge in [0.2, 0.25) is 0 Å².